The summed E-state index contributed by atoms with van der Waals surface area (Å²) in [6, 6.07) is 0. The number of thioether (sulfide) groups is 2. The average Bonchev–Trinajstić information content (AvgIpc) is 2.58. The van der Waals surface area contributed by atoms with Gasteiger partial charge in [-0.15, -0.1) is 0 Å². The lowest BCUT2D eigenvalue weighted by molar-refractivity contribution is -0.155. The second-order valence-electron chi connectivity index (χ2n) is 6.91. The summed E-state index contributed by atoms with van der Waals surface area (Å²) in [6.45, 7) is 0. The molecule has 0 saturated heterocycles. The summed E-state index contributed by atoms with van der Waals surface area (Å²) < 4.78 is 0. The predicted molar refractivity (Wildman–Crippen MR) is 97.7 cm³/mol. The Bertz CT molecular complexity index is 425. The minimum absolute atomic E-state index is 0.135. The van der Waals surface area contributed by atoms with Crippen LogP contribution in [-0.2, 0) is 9.59 Å². The number of aliphatic carboxylic acids is 2. The summed E-state index contributed by atoms with van der Waals surface area (Å²) >= 11 is 3.47. The van der Waals surface area contributed by atoms with E-state index < -0.39 is 23.8 Å². The third kappa shape index (κ3) is 6.15. The first-order valence-corrected chi connectivity index (χ1v) is 10.9. The van der Waals surface area contributed by atoms with Crippen LogP contribution in [0.1, 0.15) is 51.4 Å². The van der Waals surface area contributed by atoms with Gasteiger partial charge in [-0.1, -0.05) is 19.3 Å². The van der Waals surface area contributed by atoms with E-state index in [2.05, 4.69) is 0 Å². The second-order valence-corrected chi connectivity index (χ2v) is 9.57. The van der Waals surface area contributed by atoms with Gasteiger partial charge in [0.2, 0.25) is 0 Å². The van der Waals surface area contributed by atoms with Gasteiger partial charge in [-0.05, 0) is 32.1 Å². The van der Waals surface area contributed by atoms with Crippen LogP contribution in [0, 0.1) is 11.8 Å². The number of hydrogen-bond donors (Lipinski definition) is 3. The van der Waals surface area contributed by atoms with Crippen molar-refractivity contribution < 1.29 is 24.9 Å². The molecule has 2 aliphatic rings. The molecule has 0 aromatic carbocycles. The van der Waals surface area contributed by atoms with Crippen molar-refractivity contribution >= 4 is 35.5 Å². The molecule has 0 aliphatic heterocycles. The number of carboxylic acid groups (broad SMARTS) is 2. The van der Waals surface area contributed by atoms with Crippen LogP contribution in [0.3, 0.4) is 0 Å². The van der Waals surface area contributed by atoms with Crippen molar-refractivity contribution in [3.05, 3.63) is 0 Å². The summed E-state index contributed by atoms with van der Waals surface area (Å²) in [5, 5.41) is 29.4. The Labute approximate surface area is 152 Å². The van der Waals surface area contributed by atoms with E-state index in [-0.39, 0.29) is 11.4 Å². The molecule has 138 valence electrons. The Hall–Kier alpha value is -0.400. The van der Waals surface area contributed by atoms with E-state index in [4.69, 9.17) is 5.11 Å². The maximum atomic E-state index is 11.3. The van der Waals surface area contributed by atoms with Gasteiger partial charge in [0.05, 0.1) is 17.9 Å². The SMILES string of the molecule is O=C(O)C1CCC(SCC(O)CSC2CCCCC2)CC1C(=O)O. The molecule has 0 amide bonds. The number of carbonyl (C=O) groups is 2. The molecule has 0 radical (unpaired) electrons. The molecule has 0 aromatic rings. The summed E-state index contributed by atoms with van der Waals surface area (Å²) in [5.74, 6) is -2.25. The first-order valence-electron chi connectivity index (χ1n) is 8.84. The van der Waals surface area contributed by atoms with Crippen LogP contribution in [0.5, 0.6) is 0 Å². The monoisotopic (exact) mass is 376 g/mol. The van der Waals surface area contributed by atoms with E-state index in [0.717, 1.165) is 5.75 Å². The number of rotatable bonds is 8. The van der Waals surface area contributed by atoms with Gasteiger partial charge in [0.1, 0.15) is 0 Å². The van der Waals surface area contributed by atoms with Gasteiger partial charge in [-0.3, -0.25) is 9.59 Å². The zero-order valence-corrected chi connectivity index (χ0v) is 15.6. The van der Waals surface area contributed by atoms with Crippen molar-refractivity contribution in [2.45, 2.75) is 68.0 Å². The fourth-order valence-corrected chi connectivity index (χ4v) is 6.31. The number of carboxylic acids is 2. The topological polar surface area (TPSA) is 94.8 Å². The van der Waals surface area contributed by atoms with E-state index in [0.29, 0.717) is 30.3 Å². The Morgan fingerprint density at radius 1 is 0.833 bits per heavy atom. The Kier molecular flexibility index (Phi) is 8.23. The molecule has 0 spiro atoms. The van der Waals surface area contributed by atoms with Gasteiger partial charge in [0.25, 0.3) is 0 Å². The quantitative estimate of drug-likeness (QED) is 0.599. The Morgan fingerprint density at radius 3 is 2.00 bits per heavy atom. The Balaban J connectivity index is 1.69. The fourth-order valence-electron chi connectivity index (χ4n) is 3.63. The average molecular weight is 377 g/mol. The number of aliphatic hydroxyl groups is 1. The summed E-state index contributed by atoms with van der Waals surface area (Å²) in [7, 11) is 0. The lowest BCUT2D eigenvalue weighted by Crippen LogP contribution is -2.37. The zero-order chi connectivity index (χ0) is 17.5. The molecule has 3 N–H and O–H groups in total. The zero-order valence-electron chi connectivity index (χ0n) is 13.9. The highest BCUT2D eigenvalue weighted by Crippen LogP contribution is 2.37. The van der Waals surface area contributed by atoms with Crippen LogP contribution in [0.25, 0.3) is 0 Å². The van der Waals surface area contributed by atoms with Crippen LogP contribution in [-0.4, -0.2) is 55.4 Å². The molecule has 4 unspecified atom stereocenters. The summed E-state index contributed by atoms with van der Waals surface area (Å²) in [5.41, 5.74) is 0. The lowest BCUT2D eigenvalue weighted by atomic mass is 9.79. The van der Waals surface area contributed by atoms with Gasteiger partial charge < -0.3 is 15.3 Å². The highest BCUT2D eigenvalue weighted by atomic mass is 32.2. The number of aliphatic hydroxyl groups excluding tert-OH is 1. The minimum Gasteiger partial charge on any atom is -0.481 e. The fraction of sp³-hybridized carbons (Fsp3) is 0.882. The van der Waals surface area contributed by atoms with Crippen molar-refractivity contribution in [3.8, 4) is 0 Å². The molecule has 2 fully saturated rings. The van der Waals surface area contributed by atoms with E-state index in [1.165, 1.54) is 32.1 Å². The van der Waals surface area contributed by atoms with E-state index in [9.17, 15) is 19.8 Å². The van der Waals surface area contributed by atoms with Crippen LogP contribution >= 0.6 is 23.5 Å². The molecular formula is C17H28O5S2. The van der Waals surface area contributed by atoms with Crippen LogP contribution in [0.4, 0.5) is 0 Å². The third-order valence-electron chi connectivity index (χ3n) is 5.04. The largest absolute Gasteiger partial charge is 0.481 e. The highest BCUT2D eigenvalue weighted by molar-refractivity contribution is 8.00. The maximum absolute atomic E-state index is 11.3. The smallest absolute Gasteiger partial charge is 0.307 e. The molecule has 5 nitrogen and oxygen atoms in total. The van der Waals surface area contributed by atoms with Crippen LogP contribution in [0.15, 0.2) is 0 Å². The van der Waals surface area contributed by atoms with Gasteiger partial charge in [-0.2, -0.15) is 23.5 Å². The molecular weight excluding hydrogens is 348 g/mol. The van der Waals surface area contributed by atoms with Crippen molar-refractivity contribution in [2.75, 3.05) is 11.5 Å². The van der Waals surface area contributed by atoms with Gasteiger partial charge in [0, 0.05) is 22.0 Å². The standard InChI is InChI=1S/C17H28O5S2/c18-11(9-23-12-4-2-1-3-5-12)10-24-13-6-7-14(16(19)20)15(8-13)17(21)22/h11-15,18H,1-10H2,(H,19,20)(H,21,22). The van der Waals surface area contributed by atoms with Crippen molar-refractivity contribution in [1.82, 2.24) is 0 Å². The Morgan fingerprint density at radius 2 is 1.42 bits per heavy atom. The first-order chi connectivity index (χ1) is 11.5. The van der Waals surface area contributed by atoms with Crippen molar-refractivity contribution in [2.24, 2.45) is 11.8 Å². The molecule has 0 heterocycles. The summed E-state index contributed by atoms with van der Waals surface area (Å²) in [6.07, 6.45) is 7.58. The third-order valence-corrected chi connectivity index (χ3v) is 8.03. The molecule has 0 aromatic heterocycles. The van der Waals surface area contributed by atoms with Crippen molar-refractivity contribution in [3.63, 3.8) is 0 Å². The molecule has 4 atom stereocenters. The second kappa shape index (κ2) is 9.92. The molecule has 2 rings (SSSR count). The molecule has 7 heteroatoms. The highest BCUT2D eigenvalue weighted by Gasteiger charge is 2.39. The van der Waals surface area contributed by atoms with Crippen LogP contribution in [0.2, 0.25) is 0 Å². The normalized spacial score (nSPS) is 30.0. The molecule has 24 heavy (non-hydrogen) atoms. The minimum atomic E-state index is -1.01. The van der Waals surface area contributed by atoms with Gasteiger partial charge in [0.15, 0.2) is 0 Å². The number of hydrogen-bond acceptors (Lipinski definition) is 5. The van der Waals surface area contributed by atoms with Gasteiger partial charge >= 0.3 is 11.9 Å². The molecule has 0 bridgehead atoms. The first kappa shape index (κ1) is 19.9. The molecule has 2 saturated carbocycles. The predicted octanol–water partition coefficient (Wildman–Crippen LogP) is 3.10. The summed E-state index contributed by atoms with van der Waals surface area (Å²) in [4.78, 5) is 22.5. The van der Waals surface area contributed by atoms with Crippen molar-refractivity contribution in [1.29, 1.82) is 0 Å². The van der Waals surface area contributed by atoms with E-state index in [1.807, 2.05) is 11.8 Å². The van der Waals surface area contributed by atoms with Gasteiger partial charge in [-0.25, -0.2) is 0 Å². The van der Waals surface area contributed by atoms with E-state index >= 15 is 0 Å². The molecule has 2 aliphatic carbocycles. The van der Waals surface area contributed by atoms with E-state index in [1.54, 1.807) is 11.8 Å². The maximum Gasteiger partial charge on any atom is 0.307 e. The lowest BCUT2D eigenvalue weighted by Gasteiger charge is -2.31. The van der Waals surface area contributed by atoms with Crippen LogP contribution < -0.4 is 0 Å².